The number of carboxylic acid groups (broad SMARTS) is 1. The molecule has 2 atom stereocenters. The van der Waals surface area contributed by atoms with Crippen LogP contribution >= 0.6 is 0 Å². The smallest absolute Gasteiger partial charge is 0.306 e. The van der Waals surface area contributed by atoms with Crippen molar-refractivity contribution in [3.05, 3.63) is 0 Å². The highest BCUT2D eigenvalue weighted by molar-refractivity contribution is 5.69. The van der Waals surface area contributed by atoms with Crippen LogP contribution in [0.2, 0.25) is 0 Å². The summed E-state index contributed by atoms with van der Waals surface area (Å²) >= 11 is 0. The standard InChI is InChI=1S/C9H18O4/c1-7(9(12)13)3-2-4-8(11)5-6-10/h7-8,10-11H,2-6H2,1H3,(H,12,13)/t7?,8-/m1/s1. The second kappa shape index (κ2) is 6.86. The second-order valence-corrected chi connectivity index (χ2v) is 3.34. The predicted molar refractivity (Wildman–Crippen MR) is 48.4 cm³/mol. The lowest BCUT2D eigenvalue weighted by Crippen LogP contribution is -2.12. The average molecular weight is 190 g/mol. The van der Waals surface area contributed by atoms with Gasteiger partial charge in [0.2, 0.25) is 0 Å². The SMILES string of the molecule is CC(CCC[C@@H](O)CCO)C(=O)O. The minimum absolute atomic E-state index is 0.0182. The van der Waals surface area contributed by atoms with Crippen molar-refractivity contribution in [1.29, 1.82) is 0 Å². The maximum Gasteiger partial charge on any atom is 0.306 e. The van der Waals surface area contributed by atoms with Crippen molar-refractivity contribution >= 4 is 5.97 Å². The number of aliphatic carboxylic acids is 1. The molecule has 0 aliphatic rings. The summed E-state index contributed by atoms with van der Waals surface area (Å²) in [7, 11) is 0. The van der Waals surface area contributed by atoms with Crippen LogP contribution in [0.5, 0.6) is 0 Å². The molecule has 0 aromatic rings. The van der Waals surface area contributed by atoms with Gasteiger partial charge in [-0.25, -0.2) is 0 Å². The number of rotatable bonds is 7. The highest BCUT2D eigenvalue weighted by atomic mass is 16.4. The van der Waals surface area contributed by atoms with E-state index in [2.05, 4.69) is 0 Å². The fraction of sp³-hybridized carbons (Fsp3) is 0.889. The van der Waals surface area contributed by atoms with Gasteiger partial charge in [-0.15, -0.1) is 0 Å². The van der Waals surface area contributed by atoms with Crippen LogP contribution in [0.25, 0.3) is 0 Å². The van der Waals surface area contributed by atoms with E-state index in [1.54, 1.807) is 6.92 Å². The molecule has 13 heavy (non-hydrogen) atoms. The van der Waals surface area contributed by atoms with Crippen LogP contribution in [0, 0.1) is 5.92 Å². The number of hydrogen-bond donors (Lipinski definition) is 3. The first-order valence-corrected chi connectivity index (χ1v) is 4.59. The molecule has 4 heteroatoms. The molecule has 1 unspecified atom stereocenters. The number of carboxylic acids is 1. The summed E-state index contributed by atoms with van der Waals surface area (Å²) in [5, 5.41) is 26.2. The Morgan fingerprint density at radius 3 is 2.38 bits per heavy atom. The van der Waals surface area contributed by atoms with E-state index in [0.717, 1.165) is 0 Å². The summed E-state index contributed by atoms with van der Waals surface area (Å²) in [4.78, 5) is 10.4. The molecule has 0 aromatic heterocycles. The molecule has 78 valence electrons. The van der Waals surface area contributed by atoms with E-state index < -0.39 is 12.1 Å². The van der Waals surface area contributed by atoms with Crippen molar-refractivity contribution in [3.63, 3.8) is 0 Å². The Morgan fingerprint density at radius 2 is 1.92 bits per heavy atom. The first kappa shape index (κ1) is 12.4. The molecular formula is C9H18O4. The Labute approximate surface area is 78.2 Å². The van der Waals surface area contributed by atoms with Crippen molar-refractivity contribution < 1.29 is 20.1 Å². The van der Waals surface area contributed by atoms with Crippen LogP contribution in [-0.4, -0.2) is 34.0 Å². The molecule has 0 aliphatic carbocycles. The van der Waals surface area contributed by atoms with E-state index in [1.807, 2.05) is 0 Å². The van der Waals surface area contributed by atoms with Gasteiger partial charge in [0, 0.05) is 6.61 Å². The Bertz CT molecular complexity index is 147. The maximum atomic E-state index is 10.4. The third kappa shape index (κ3) is 6.54. The number of carbonyl (C=O) groups is 1. The summed E-state index contributed by atoms with van der Waals surface area (Å²) in [5.74, 6) is -1.14. The average Bonchev–Trinajstić information content (AvgIpc) is 2.04. The number of aliphatic hydroxyl groups is 2. The highest BCUT2D eigenvalue weighted by Gasteiger charge is 2.11. The normalized spacial score (nSPS) is 15.3. The molecule has 0 saturated carbocycles. The lowest BCUT2D eigenvalue weighted by atomic mass is 10.0. The third-order valence-electron chi connectivity index (χ3n) is 2.06. The monoisotopic (exact) mass is 190 g/mol. The zero-order valence-electron chi connectivity index (χ0n) is 7.94. The summed E-state index contributed by atoms with van der Waals surface area (Å²) in [6, 6.07) is 0. The van der Waals surface area contributed by atoms with E-state index >= 15 is 0 Å². The molecule has 4 nitrogen and oxygen atoms in total. The van der Waals surface area contributed by atoms with Crippen molar-refractivity contribution in [2.24, 2.45) is 5.92 Å². The summed E-state index contributed by atoms with van der Waals surface area (Å²) < 4.78 is 0. The van der Waals surface area contributed by atoms with E-state index in [1.165, 1.54) is 0 Å². The summed E-state index contributed by atoms with van der Waals surface area (Å²) in [6.07, 6.45) is 1.72. The van der Waals surface area contributed by atoms with Gasteiger partial charge in [-0.2, -0.15) is 0 Å². The van der Waals surface area contributed by atoms with E-state index in [4.69, 9.17) is 10.2 Å². The highest BCUT2D eigenvalue weighted by Crippen LogP contribution is 2.10. The molecular weight excluding hydrogens is 172 g/mol. The first-order valence-electron chi connectivity index (χ1n) is 4.59. The molecule has 0 spiro atoms. The lowest BCUT2D eigenvalue weighted by Gasteiger charge is -2.09. The van der Waals surface area contributed by atoms with Crippen molar-refractivity contribution in [2.75, 3.05) is 6.61 Å². The van der Waals surface area contributed by atoms with Gasteiger partial charge in [0.25, 0.3) is 0 Å². The van der Waals surface area contributed by atoms with Gasteiger partial charge in [0.15, 0.2) is 0 Å². The zero-order valence-corrected chi connectivity index (χ0v) is 7.94. The summed E-state index contributed by atoms with van der Waals surface area (Å²) in [5.41, 5.74) is 0. The van der Waals surface area contributed by atoms with E-state index in [-0.39, 0.29) is 12.5 Å². The van der Waals surface area contributed by atoms with Crippen LogP contribution < -0.4 is 0 Å². The third-order valence-corrected chi connectivity index (χ3v) is 2.06. The van der Waals surface area contributed by atoms with Crippen molar-refractivity contribution in [3.8, 4) is 0 Å². The zero-order chi connectivity index (χ0) is 10.3. The molecule has 0 fully saturated rings. The van der Waals surface area contributed by atoms with E-state index in [9.17, 15) is 9.90 Å². The predicted octanol–water partition coefficient (Wildman–Crippen LogP) is 0.621. The fourth-order valence-corrected chi connectivity index (χ4v) is 1.08. The van der Waals surface area contributed by atoms with Crippen LogP contribution in [0.3, 0.4) is 0 Å². The lowest BCUT2D eigenvalue weighted by molar-refractivity contribution is -0.141. The van der Waals surface area contributed by atoms with Crippen LogP contribution in [0.15, 0.2) is 0 Å². The summed E-state index contributed by atoms with van der Waals surface area (Å²) in [6.45, 7) is 1.64. The van der Waals surface area contributed by atoms with Crippen molar-refractivity contribution in [2.45, 2.75) is 38.7 Å². The maximum absolute atomic E-state index is 10.4. The van der Waals surface area contributed by atoms with Gasteiger partial charge in [-0.3, -0.25) is 4.79 Å². The Hall–Kier alpha value is -0.610. The van der Waals surface area contributed by atoms with Crippen LogP contribution in [0.1, 0.15) is 32.6 Å². The molecule has 3 N–H and O–H groups in total. The molecule has 0 rings (SSSR count). The molecule has 0 heterocycles. The molecule has 0 amide bonds. The number of aliphatic hydroxyl groups excluding tert-OH is 2. The van der Waals surface area contributed by atoms with Gasteiger partial charge in [0.1, 0.15) is 0 Å². The van der Waals surface area contributed by atoms with Crippen LogP contribution in [-0.2, 0) is 4.79 Å². The van der Waals surface area contributed by atoms with Gasteiger partial charge in [0.05, 0.1) is 12.0 Å². The topological polar surface area (TPSA) is 77.8 Å². The van der Waals surface area contributed by atoms with E-state index in [0.29, 0.717) is 25.7 Å². The molecule has 0 saturated heterocycles. The second-order valence-electron chi connectivity index (χ2n) is 3.34. The molecule has 0 bridgehead atoms. The van der Waals surface area contributed by atoms with Crippen LogP contribution in [0.4, 0.5) is 0 Å². The molecule has 0 radical (unpaired) electrons. The van der Waals surface area contributed by atoms with Crippen molar-refractivity contribution in [1.82, 2.24) is 0 Å². The van der Waals surface area contributed by atoms with Gasteiger partial charge in [-0.05, 0) is 19.3 Å². The Balaban J connectivity index is 3.39. The van der Waals surface area contributed by atoms with Gasteiger partial charge >= 0.3 is 5.97 Å². The minimum Gasteiger partial charge on any atom is -0.481 e. The van der Waals surface area contributed by atoms with Gasteiger partial charge < -0.3 is 15.3 Å². The Morgan fingerprint density at radius 1 is 1.31 bits per heavy atom. The number of hydrogen-bond acceptors (Lipinski definition) is 3. The Kier molecular flexibility index (Phi) is 6.54. The fourth-order valence-electron chi connectivity index (χ4n) is 1.08. The largest absolute Gasteiger partial charge is 0.481 e. The molecule has 0 aromatic carbocycles. The minimum atomic E-state index is -0.795. The first-order chi connectivity index (χ1) is 6.07. The van der Waals surface area contributed by atoms with Gasteiger partial charge in [-0.1, -0.05) is 13.3 Å². The quantitative estimate of drug-likeness (QED) is 0.550. The molecule has 0 aliphatic heterocycles.